The van der Waals surface area contributed by atoms with Gasteiger partial charge in [0, 0.05) is 21.2 Å². The number of aromatic nitrogens is 3. The molecule has 34 heavy (non-hydrogen) atoms. The quantitative estimate of drug-likeness (QED) is 0.320. The Kier molecular flexibility index (Phi) is 8.38. The van der Waals surface area contributed by atoms with Gasteiger partial charge in [-0.15, -0.1) is 5.10 Å². The van der Waals surface area contributed by atoms with E-state index in [-0.39, 0.29) is 5.91 Å². The molecule has 0 spiro atoms. The number of hydrogen-bond donors (Lipinski definition) is 2. The Morgan fingerprint density at radius 3 is 2.09 bits per heavy atom. The van der Waals surface area contributed by atoms with Gasteiger partial charge in [-0.2, -0.15) is 0 Å². The number of nitrogens with two attached hydrogens (primary N) is 1. The summed E-state index contributed by atoms with van der Waals surface area (Å²) < 4.78 is 0.183. The zero-order chi connectivity index (χ0) is 24.9. The number of amides is 2. The summed E-state index contributed by atoms with van der Waals surface area (Å²) in [5.74, 6) is -0.822. The van der Waals surface area contributed by atoms with E-state index in [2.05, 4.69) is 15.6 Å². The van der Waals surface area contributed by atoms with Crippen LogP contribution in [0.4, 0.5) is 0 Å². The molecular formula is C23H19Cl4N5O2. The maximum atomic E-state index is 12.5. The van der Waals surface area contributed by atoms with E-state index in [1.807, 2.05) is 24.3 Å². The van der Waals surface area contributed by atoms with Crippen LogP contribution < -0.4 is 11.1 Å². The predicted octanol–water partition coefficient (Wildman–Crippen LogP) is 5.65. The van der Waals surface area contributed by atoms with E-state index in [1.165, 1.54) is 10.7 Å². The maximum Gasteiger partial charge on any atom is 0.253 e. The van der Waals surface area contributed by atoms with Gasteiger partial charge >= 0.3 is 0 Å². The van der Waals surface area contributed by atoms with Crippen molar-refractivity contribution in [1.82, 2.24) is 20.3 Å². The summed E-state index contributed by atoms with van der Waals surface area (Å²) in [6.45, 7) is 1.58. The first kappa shape index (κ1) is 25.8. The summed E-state index contributed by atoms with van der Waals surface area (Å²) in [5, 5.41) is 11.9. The van der Waals surface area contributed by atoms with Gasteiger partial charge in [-0.25, -0.2) is 4.68 Å². The van der Waals surface area contributed by atoms with Gasteiger partial charge in [0.2, 0.25) is 5.91 Å². The Labute approximate surface area is 215 Å². The van der Waals surface area contributed by atoms with Crippen molar-refractivity contribution >= 4 is 69.3 Å². The van der Waals surface area contributed by atoms with E-state index in [9.17, 15) is 9.59 Å². The van der Waals surface area contributed by atoms with Gasteiger partial charge in [-0.1, -0.05) is 75.9 Å². The molecule has 4 rings (SSSR count). The number of primary amides is 1. The molecule has 0 fully saturated rings. The van der Waals surface area contributed by atoms with Crippen LogP contribution >= 0.6 is 46.4 Å². The average Bonchev–Trinajstić information content (AvgIpc) is 3.20. The summed E-state index contributed by atoms with van der Waals surface area (Å²) in [4.78, 5) is 23.1. The molecule has 0 saturated heterocycles. The van der Waals surface area contributed by atoms with Crippen molar-refractivity contribution in [2.75, 3.05) is 0 Å². The lowest BCUT2D eigenvalue weighted by Gasteiger charge is -2.27. The zero-order valence-corrected chi connectivity index (χ0v) is 20.8. The van der Waals surface area contributed by atoms with Crippen LogP contribution in [0.2, 0.25) is 10.0 Å². The lowest BCUT2D eigenvalue weighted by atomic mass is 10.2. The standard InChI is InChI=1S/C16H13Cl3N4O.C7H6ClNO/c1-16(18,19)15(20-14(24)10-5-4-6-11(17)9-10)23-13-8-3-2-7-12(13)21-22-23;8-6-3-1-2-5(4-6)7(9)10/h2-9,15H,1H3,(H,20,24);1-4H,(H2,9,10). The molecule has 1 aromatic heterocycles. The number of rotatable bonds is 5. The molecule has 0 bridgehead atoms. The number of nitrogens with zero attached hydrogens (tertiary/aromatic N) is 3. The molecule has 0 aliphatic heterocycles. The van der Waals surface area contributed by atoms with E-state index < -0.39 is 16.4 Å². The van der Waals surface area contributed by atoms with Crippen molar-refractivity contribution in [1.29, 1.82) is 0 Å². The van der Waals surface area contributed by atoms with Crippen LogP contribution in [-0.4, -0.2) is 31.1 Å². The second kappa shape index (κ2) is 11.1. The van der Waals surface area contributed by atoms with Crippen LogP contribution in [0.25, 0.3) is 11.0 Å². The molecule has 7 nitrogen and oxygen atoms in total. The van der Waals surface area contributed by atoms with Crippen LogP contribution in [-0.2, 0) is 0 Å². The van der Waals surface area contributed by atoms with Crippen molar-refractivity contribution in [2.24, 2.45) is 5.73 Å². The van der Waals surface area contributed by atoms with E-state index in [0.717, 1.165) is 0 Å². The second-order valence-corrected chi connectivity index (χ2v) is 9.88. The van der Waals surface area contributed by atoms with E-state index >= 15 is 0 Å². The van der Waals surface area contributed by atoms with E-state index in [1.54, 1.807) is 49.4 Å². The fourth-order valence-electron chi connectivity index (χ4n) is 2.96. The third kappa shape index (κ3) is 6.61. The summed E-state index contributed by atoms with van der Waals surface area (Å²) >= 11 is 24.1. The third-order valence-electron chi connectivity index (χ3n) is 4.57. The minimum absolute atomic E-state index is 0.366. The molecule has 0 saturated carbocycles. The number of hydrogen-bond acceptors (Lipinski definition) is 4. The molecule has 0 radical (unpaired) electrons. The minimum atomic E-state index is -1.31. The smallest absolute Gasteiger partial charge is 0.253 e. The second-order valence-electron chi connectivity index (χ2n) is 7.24. The Morgan fingerprint density at radius 1 is 0.941 bits per heavy atom. The molecule has 176 valence electrons. The molecular weight excluding hydrogens is 520 g/mol. The normalized spacial score (nSPS) is 11.9. The number of alkyl halides is 2. The number of benzene rings is 3. The maximum absolute atomic E-state index is 12.5. The highest BCUT2D eigenvalue weighted by atomic mass is 35.5. The van der Waals surface area contributed by atoms with Crippen molar-refractivity contribution in [3.05, 3.63) is 94.0 Å². The number of nitrogens with one attached hydrogen (secondary N) is 1. The highest BCUT2D eigenvalue weighted by molar-refractivity contribution is 6.48. The fraction of sp³-hybridized carbons (Fsp3) is 0.130. The first-order chi connectivity index (χ1) is 16.1. The number of carbonyl (C=O) groups is 2. The van der Waals surface area contributed by atoms with Crippen molar-refractivity contribution in [2.45, 2.75) is 17.4 Å². The lowest BCUT2D eigenvalue weighted by Crippen LogP contribution is -2.42. The molecule has 1 unspecified atom stereocenters. The van der Waals surface area contributed by atoms with Gasteiger partial charge in [0.25, 0.3) is 5.91 Å². The number of halogens is 4. The zero-order valence-electron chi connectivity index (χ0n) is 17.8. The van der Waals surface area contributed by atoms with Crippen LogP contribution in [0.5, 0.6) is 0 Å². The third-order valence-corrected chi connectivity index (χ3v) is 5.45. The summed E-state index contributed by atoms with van der Waals surface area (Å²) in [5.41, 5.74) is 7.21. The monoisotopic (exact) mass is 537 g/mol. The predicted molar refractivity (Wildman–Crippen MR) is 136 cm³/mol. The molecule has 3 N–H and O–H groups in total. The summed E-state index contributed by atoms with van der Waals surface area (Å²) in [6, 6.07) is 20.5. The van der Waals surface area contributed by atoms with Gasteiger partial charge < -0.3 is 11.1 Å². The van der Waals surface area contributed by atoms with Gasteiger partial charge in [0.1, 0.15) is 5.52 Å². The number of para-hydroxylation sites is 1. The largest absolute Gasteiger partial charge is 0.366 e. The molecule has 3 aromatic carbocycles. The Bertz CT molecular complexity index is 1320. The molecule has 11 heteroatoms. The summed E-state index contributed by atoms with van der Waals surface area (Å²) in [7, 11) is 0. The Balaban J connectivity index is 0.000000271. The van der Waals surface area contributed by atoms with Gasteiger partial charge in [0.15, 0.2) is 10.5 Å². The fourth-order valence-corrected chi connectivity index (χ4v) is 3.63. The Morgan fingerprint density at radius 2 is 1.53 bits per heavy atom. The molecule has 0 aliphatic carbocycles. The molecule has 0 aliphatic rings. The lowest BCUT2D eigenvalue weighted by molar-refractivity contribution is 0.0910. The first-order valence-corrected chi connectivity index (χ1v) is 11.4. The van der Waals surface area contributed by atoms with Crippen molar-refractivity contribution in [3.8, 4) is 0 Å². The average molecular weight is 539 g/mol. The molecule has 2 amide bonds. The molecule has 1 heterocycles. The number of fused-ring (bicyclic) bond motifs is 1. The highest BCUT2D eigenvalue weighted by Crippen LogP contribution is 2.33. The summed E-state index contributed by atoms with van der Waals surface area (Å²) in [6.07, 6.45) is -0.820. The number of carbonyl (C=O) groups excluding carboxylic acids is 2. The van der Waals surface area contributed by atoms with Crippen LogP contribution in [0.15, 0.2) is 72.8 Å². The van der Waals surface area contributed by atoms with Gasteiger partial charge in [-0.05, 0) is 55.5 Å². The van der Waals surface area contributed by atoms with Gasteiger partial charge in [0.05, 0.1) is 5.52 Å². The van der Waals surface area contributed by atoms with E-state index in [4.69, 9.17) is 52.1 Å². The van der Waals surface area contributed by atoms with Crippen LogP contribution in [0.3, 0.4) is 0 Å². The van der Waals surface area contributed by atoms with Crippen molar-refractivity contribution in [3.63, 3.8) is 0 Å². The van der Waals surface area contributed by atoms with Crippen molar-refractivity contribution < 1.29 is 9.59 Å². The first-order valence-electron chi connectivity index (χ1n) is 9.86. The highest BCUT2D eigenvalue weighted by Gasteiger charge is 2.35. The SMILES string of the molecule is CC(Cl)(Cl)C(NC(=O)c1cccc(Cl)c1)n1nnc2ccccc21.NC(=O)c1cccc(Cl)c1. The molecule has 4 aromatic rings. The van der Waals surface area contributed by atoms with Crippen LogP contribution in [0.1, 0.15) is 33.8 Å². The Hall–Kier alpha value is -2.84. The minimum Gasteiger partial charge on any atom is -0.366 e. The van der Waals surface area contributed by atoms with Gasteiger partial charge in [-0.3, -0.25) is 9.59 Å². The van der Waals surface area contributed by atoms with E-state index in [0.29, 0.717) is 32.2 Å². The van der Waals surface area contributed by atoms with Crippen LogP contribution in [0, 0.1) is 0 Å². The molecule has 1 atom stereocenters. The topological polar surface area (TPSA) is 103 Å².